The summed E-state index contributed by atoms with van der Waals surface area (Å²) in [5.74, 6) is 0. The van der Waals surface area contributed by atoms with Crippen LogP contribution in [-0.4, -0.2) is 36.2 Å². The van der Waals surface area contributed by atoms with Crippen molar-refractivity contribution in [2.45, 2.75) is 38.9 Å². The molecule has 0 bridgehead atoms. The van der Waals surface area contributed by atoms with Crippen molar-refractivity contribution in [1.82, 2.24) is 4.90 Å². The van der Waals surface area contributed by atoms with Crippen molar-refractivity contribution in [3.63, 3.8) is 0 Å². The van der Waals surface area contributed by atoms with Crippen LogP contribution in [0.1, 0.15) is 25.8 Å². The summed E-state index contributed by atoms with van der Waals surface area (Å²) < 4.78 is 5.23. The lowest BCUT2D eigenvalue weighted by atomic mass is 10.0. The molecule has 1 amide bonds. The predicted molar refractivity (Wildman–Crippen MR) is 74.2 cm³/mol. The van der Waals surface area contributed by atoms with Crippen LogP contribution < -0.4 is 4.90 Å². The second-order valence-electron chi connectivity index (χ2n) is 5.58. The van der Waals surface area contributed by atoms with E-state index in [1.165, 1.54) is 5.56 Å². The molecular weight excluding hydrogens is 240 g/mol. The van der Waals surface area contributed by atoms with Crippen LogP contribution in [0.2, 0.25) is 0 Å². The van der Waals surface area contributed by atoms with E-state index in [9.17, 15) is 4.79 Å². The van der Waals surface area contributed by atoms with Crippen LogP contribution >= 0.6 is 0 Å². The first-order chi connectivity index (χ1) is 9.16. The Labute approximate surface area is 113 Å². The summed E-state index contributed by atoms with van der Waals surface area (Å²) in [4.78, 5) is 16.2. The van der Waals surface area contributed by atoms with Gasteiger partial charge < -0.3 is 4.74 Å². The molecule has 102 valence electrons. The fraction of sp³-hybridized carbons (Fsp3) is 0.533. The summed E-state index contributed by atoms with van der Waals surface area (Å²) >= 11 is 0. The molecule has 4 nitrogen and oxygen atoms in total. The van der Waals surface area contributed by atoms with Crippen molar-refractivity contribution >= 4 is 11.8 Å². The Bertz CT molecular complexity index is 487. The topological polar surface area (TPSA) is 32.8 Å². The molecule has 3 rings (SSSR count). The Morgan fingerprint density at radius 3 is 2.89 bits per heavy atom. The smallest absolute Gasteiger partial charge is 0.414 e. The summed E-state index contributed by atoms with van der Waals surface area (Å²) in [6, 6.07) is 8.85. The van der Waals surface area contributed by atoms with Gasteiger partial charge in [0, 0.05) is 19.1 Å². The van der Waals surface area contributed by atoms with Gasteiger partial charge in [-0.05, 0) is 31.9 Å². The number of carbonyl (C=O) groups is 1. The third kappa shape index (κ3) is 2.21. The Morgan fingerprint density at radius 1 is 1.32 bits per heavy atom. The molecule has 0 radical (unpaired) electrons. The highest BCUT2D eigenvalue weighted by Gasteiger charge is 2.36. The molecule has 2 heterocycles. The molecule has 0 spiro atoms. The number of carbonyl (C=O) groups excluding carboxylic acids is 1. The molecule has 1 fully saturated rings. The first kappa shape index (κ1) is 12.5. The second-order valence-corrected chi connectivity index (χ2v) is 5.58. The normalized spacial score (nSPS) is 23.6. The zero-order valence-corrected chi connectivity index (χ0v) is 11.5. The number of hydrogen-bond acceptors (Lipinski definition) is 3. The SMILES string of the molecule is CC(C)N1CCC2COC(=O)N2c2ccccc2C1. The van der Waals surface area contributed by atoms with E-state index < -0.39 is 0 Å². The third-order valence-corrected chi connectivity index (χ3v) is 4.07. The zero-order valence-electron chi connectivity index (χ0n) is 11.5. The Morgan fingerprint density at radius 2 is 2.11 bits per heavy atom. The van der Waals surface area contributed by atoms with Gasteiger partial charge in [-0.15, -0.1) is 0 Å². The van der Waals surface area contributed by atoms with Crippen molar-refractivity contribution in [3.05, 3.63) is 29.8 Å². The van der Waals surface area contributed by atoms with Crippen molar-refractivity contribution in [3.8, 4) is 0 Å². The first-order valence-corrected chi connectivity index (χ1v) is 6.95. The molecule has 1 aromatic rings. The van der Waals surface area contributed by atoms with Crippen LogP contribution in [0, 0.1) is 0 Å². The Balaban J connectivity index is 2.01. The fourth-order valence-electron chi connectivity index (χ4n) is 2.90. The number of rotatable bonds is 1. The van der Waals surface area contributed by atoms with Crippen LogP contribution in [0.3, 0.4) is 0 Å². The van der Waals surface area contributed by atoms with E-state index in [0.717, 1.165) is 25.2 Å². The van der Waals surface area contributed by atoms with E-state index in [0.29, 0.717) is 12.6 Å². The van der Waals surface area contributed by atoms with Gasteiger partial charge in [-0.25, -0.2) is 4.79 Å². The molecule has 0 saturated carbocycles. The number of para-hydroxylation sites is 1. The summed E-state index contributed by atoms with van der Waals surface area (Å²) in [7, 11) is 0. The van der Waals surface area contributed by atoms with Crippen LogP contribution in [0.5, 0.6) is 0 Å². The molecule has 1 unspecified atom stereocenters. The molecule has 0 N–H and O–H groups in total. The Kier molecular flexibility index (Phi) is 3.19. The number of benzene rings is 1. The second kappa shape index (κ2) is 4.85. The van der Waals surface area contributed by atoms with E-state index in [4.69, 9.17) is 4.74 Å². The first-order valence-electron chi connectivity index (χ1n) is 6.95. The molecule has 1 atom stereocenters. The van der Waals surface area contributed by atoms with Crippen LogP contribution in [-0.2, 0) is 11.3 Å². The summed E-state index contributed by atoms with van der Waals surface area (Å²) in [5, 5.41) is 0. The van der Waals surface area contributed by atoms with Crippen LogP contribution in [0.25, 0.3) is 0 Å². The minimum atomic E-state index is -0.199. The predicted octanol–water partition coefficient (Wildman–Crippen LogP) is 2.63. The highest BCUT2D eigenvalue weighted by molar-refractivity contribution is 5.91. The molecule has 2 aliphatic rings. The summed E-state index contributed by atoms with van der Waals surface area (Å²) in [6.45, 7) is 6.85. The summed E-state index contributed by atoms with van der Waals surface area (Å²) in [5.41, 5.74) is 2.22. The molecule has 1 saturated heterocycles. The van der Waals surface area contributed by atoms with Gasteiger partial charge in [0.15, 0.2) is 0 Å². The Hall–Kier alpha value is -1.55. The number of hydrogen-bond donors (Lipinski definition) is 0. The number of fused-ring (bicyclic) bond motifs is 3. The molecule has 1 aromatic carbocycles. The molecular formula is C15H20N2O2. The van der Waals surface area contributed by atoms with Gasteiger partial charge in [0.25, 0.3) is 0 Å². The van der Waals surface area contributed by atoms with Crippen molar-refractivity contribution < 1.29 is 9.53 Å². The summed E-state index contributed by atoms with van der Waals surface area (Å²) in [6.07, 6.45) is 0.772. The maximum absolute atomic E-state index is 11.9. The molecule has 4 heteroatoms. The average Bonchev–Trinajstić information content (AvgIpc) is 2.72. The maximum atomic E-state index is 11.9. The molecule has 2 aliphatic heterocycles. The van der Waals surface area contributed by atoms with Gasteiger partial charge in [-0.3, -0.25) is 9.80 Å². The quantitative estimate of drug-likeness (QED) is 0.778. The number of anilines is 1. The van der Waals surface area contributed by atoms with Gasteiger partial charge in [0.2, 0.25) is 0 Å². The standard InChI is InChI=1S/C15H20N2O2/c1-11(2)16-8-7-13-10-19-15(18)17(13)14-6-4-3-5-12(14)9-16/h3-6,11,13H,7-10H2,1-2H3. The van der Waals surface area contributed by atoms with E-state index in [1.54, 1.807) is 0 Å². The number of amides is 1. The van der Waals surface area contributed by atoms with Gasteiger partial charge in [0.1, 0.15) is 6.61 Å². The van der Waals surface area contributed by atoms with E-state index >= 15 is 0 Å². The van der Waals surface area contributed by atoms with Crippen molar-refractivity contribution in [1.29, 1.82) is 0 Å². The van der Waals surface area contributed by atoms with Gasteiger partial charge in [-0.2, -0.15) is 0 Å². The largest absolute Gasteiger partial charge is 0.447 e. The lowest BCUT2D eigenvalue weighted by Crippen LogP contribution is -2.42. The minimum Gasteiger partial charge on any atom is -0.447 e. The molecule has 19 heavy (non-hydrogen) atoms. The molecule has 0 aromatic heterocycles. The number of nitrogens with zero attached hydrogens (tertiary/aromatic N) is 2. The van der Waals surface area contributed by atoms with Gasteiger partial charge in [0.05, 0.1) is 11.7 Å². The maximum Gasteiger partial charge on any atom is 0.414 e. The van der Waals surface area contributed by atoms with Gasteiger partial charge in [-0.1, -0.05) is 18.2 Å². The zero-order chi connectivity index (χ0) is 13.4. The highest BCUT2D eigenvalue weighted by Crippen LogP contribution is 2.31. The minimum absolute atomic E-state index is 0.176. The van der Waals surface area contributed by atoms with E-state index in [2.05, 4.69) is 24.8 Å². The monoisotopic (exact) mass is 260 g/mol. The lowest BCUT2D eigenvalue weighted by molar-refractivity contribution is 0.175. The number of cyclic esters (lactones) is 1. The average molecular weight is 260 g/mol. The number of ether oxygens (including phenoxy) is 1. The highest BCUT2D eigenvalue weighted by atomic mass is 16.6. The van der Waals surface area contributed by atoms with Crippen molar-refractivity contribution in [2.24, 2.45) is 0 Å². The van der Waals surface area contributed by atoms with Crippen LogP contribution in [0.15, 0.2) is 24.3 Å². The van der Waals surface area contributed by atoms with Gasteiger partial charge >= 0.3 is 6.09 Å². The third-order valence-electron chi connectivity index (χ3n) is 4.07. The van der Waals surface area contributed by atoms with E-state index in [-0.39, 0.29) is 12.1 Å². The fourth-order valence-corrected chi connectivity index (χ4v) is 2.90. The van der Waals surface area contributed by atoms with Crippen molar-refractivity contribution in [2.75, 3.05) is 18.1 Å². The van der Waals surface area contributed by atoms with Crippen LogP contribution in [0.4, 0.5) is 10.5 Å². The van der Waals surface area contributed by atoms with E-state index in [1.807, 2.05) is 23.1 Å². The molecule has 0 aliphatic carbocycles. The lowest BCUT2D eigenvalue weighted by Gasteiger charge is -2.34.